The van der Waals surface area contributed by atoms with Crippen LogP contribution in [0, 0.1) is 0 Å². The molecule has 0 saturated carbocycles. The van der Waals surface area contributed by atoms with Gasteiger partial charge >= 0.3 is 5.97 Å². The van der Waals surface area contributed by atoms with Crippen LogP contribution in [0.3, 0.4) is 0 Å². The van der Waals surface area contributed by atoms with Crippen molar-refractivity contribution in [3.8, 4) is 22.8 Å². The van der Waals surface area contributed by atoms with Gasteiger partial charge in [-0.05, 0) is 48.9 Å². The van der Waals surface area contributed by atoms with Crippen LogP contribution in [0.2, 0.25) is 10.0 Å². The normalized spacial score (nSPS) is 11.9. The molecule has 2 aromatic heterocycles. The third-order valence-corrected chi connectivity index (χ3v) is 5.99. The quantitative estimate of drug-likeness (QED) is 0.229. The first-order valence-electron chi connectivity index (χ1n) is 11.1. The highest BCUT2D eigenvalue weighted by Gasteiger charge is 2.25. The van der Waals surface area contributed by atoms with Crippen LogP contribution in [-0.2, 0) is 27.2 Å². The number of carbonyl (C=O) groups is 2. The molecule has 8 nitrogen and oxygen atoms in total. The van der Waals surface area contributed by atoms with Gasteiger partial charge in [0, 0.05) is 23.2 Å². The van der Waals surface area contributed by atoms with Gasteiger partial charge in [0.25, 0.3) is 0 Å². The molecule has 0 bridgehead atoms. The molecule has 10 heteroatoms. The molecular formula is C26H23Cl2N3O5. The number of aromatic nitrogens is 2. The van der Waals surface area contributed by atoms with E-state index < -0.39 is 17.9 Å². The van der Waals surface area contributed by atoms with E-state index in [9.17, 15) is 19.8 Å². The zero-order valence-corrected chi connectivity index (χ0v) is 20.8. The van der Waals surface area contributed by atoms with Crippen LogP contribution in [0.5, 0.6) is 11.5 Å². The van der Waals surface area contributed by atoms with Crippen molar-refractivity contribution in [3.05, 3.63) is 82.1 Å². The molecule has 3 N–H and O–H groups in total. The molecule has 36 heavy (non-hydrogen) atoms. The zero-order chi connectivity index (χ0) is 25.8. The van der Waals surface area contributed by atoms with Gasteiger partial charge in [-0.1, -0.05) is 41.4 Å². The smallest absolute Gasteiger partial charge is 0.328 e. The Labute approximate surface area is 217 Å². The van der Waals surface area contributed by atoms with Crippen molar-refractivity contribution in [1.29, 1.82) is 0 Å². The molecule has 1 unspecified atom stereocenters. The summed E-state index contributed by atoms with van der Waals surface area (Å²) in [5, 5.41) is 23.2. The summed E-state index contributed by atoms with van der Waals surface area (Å²) in [6.45, 7) is 1.81. The maximum Gasteiger partial charge on any atom is 0.328 e. The minimum atomic E-state index is -1.01. The lowest BCUT2D eigenvalue weighted by atomic mass is 10.0. The highest BCUT2D eigenvalue weighted by atomic mass is 35.5. The number of nitrogens with one attached hydrogen (secondary N) is 1. The number of esters is 1. The van der Waals surface area contributed by atoms with E-state index in [1.165, 1.54) is 12.1 Å². The molecule has 0 spiro atoms. The number of fused-ring (bicyclic) bond motifs is 1. The highest BCUT2D eigenvalue weighted by molar-refractivity contribution is 6.30. The van der Waals surface area contributed by atoms with Crippen molar-refractivity contribution in [2.24, 2.45) is 0 Å². The van der Waals surface area contributed by atoms with Crippen LogP contribution in [0.1, 0.15) is 18.2 Å². The molecule has 1 amide bonds. The summed E-state index contributed by atoms with van der Waals surface area (Å²) in [6.07, 6.45) is 1.63. The van der Waals surface area contributed by atoms with E-state index in [0.29, 0.717) is 32.6 Å². The number of rotatable bonds is 8. The van der Waals surface area contributed by atoms with Crippen LogP contribution in [0.25, 0.3) is 16.9 Å². The Hall–Kier alpha value is -3.75. The number of halogens is 2. The minimum Gasteiger partial charge on any atom is -0.504 e. The van der Waals surface area contributed by atoms with Gasteiger partial charge < -0.3 is 24.7 Å². The monoisotopic (exact) mass is 527 g/mol. The lowest BCUT2D eigenvalue weighted by Gasteiger charge is -2.18. The van der Waals surface area contributed by atoms with Gasteiger partial charge in [0.2, 0.25) is 5.91 Å². The topological polar surface area (TPSA) is 113 Å². The third-order valence-electron chi connectivity index (χ3n) is 5.51. The number of phenolic OH excluding ortho intramolecular Hbond substituents is 2. The van der Waals surface area contributed by atoms with E-state index in [-0.39, 0.29) is 30.9 Å². The summed E-state index contributed by atoms with van der Waals surface area (Å²) < 4.78 is 6.88. The molecule has 4 rings (SSSR count). The van der Waals surface area contributed by atoms with Gasteiger partial charge in [0.1, 0.15) is 11.7 Å². The van der Waals surface area contributed by atoms with Crippen LogP contribution in [-0.4, -0.2) is 44.1 Å². The fraction of sp³-hybridized carbons (Fsp3) is 0.192. The van der Waals surface area contributed by atoms with Crippen LogP contribution in [0.4, 0.5) is 0 Å². The molecule has 1 atom stereocenters. The number of nitrogens with zero attached hydrogens (tertiary/aromatic N) is 2. The maximum atomic E-state index is 13.2. The molecule has 4 aromatic rings. The molecular weight excluding hydrogens is 505 g/mol. The van der Waals surface area contributed by atoms with Crippen LogP contribution >= 0.6 is 23.2 Å². The number of benzene rings is 2. The number of imidazole rings is 1. The van der Waals surface area contributed by atoms with Gasteiger partial charge in [0.15, 0.2) is 11.5 Å². The Kier molecular flexibility index (Phi) is 7.67. The number of ether oxygens (including phenoxy) is 1. The van der Waals surface area contributed by atoms with E-state index >= 15 is 0 Å². The van der Waals surface area contributed by atoms with Gasteiger partial charge in [-0.25, -0.2) is 9.78 Å². The number of hydrogen-bond donors (Lipinski definition) is 3. The Bertz CT molecular complexity index is 1420. The van der Waals surface area contributed by atoms with Crippen LogP contribution < -0.4 is 5.32 Å². The molecule has 186 valence electrons. The number of aromatic hydroxyl groups is 2. The minimum absolute atomic E-state index is 0.0570. The van der Waals surface area contributed by atoms with Gasteiger partial charge in [-0.15, -0.1) is 0 Å². The Morgan fingerprint density at radius 1 is 1.03 bits per heavy atom. The lowest BCUT2D eigenvalue weighted by Crippen LogP contribution is -2.44. The van der Waals surface area contributed by atoms with Crippen molar-refractivity contribution in [2.75, 3.05) is 6.61 Å². The molecule has 0 radical (unpaired) electrons. The van der Waals surface area contributed by atoms with Crippen molar-refractivity contribution in [3.63, 3.8) is 0 Å². The number of carbonyl (C=O) groups excluding carboxylic acids is 2. The summed E-state index contributed by atoms with van der Waals surface area (Å²) >= 11 is 12.3. The molecule has 0 aliphatic heterocycles. The summed E-state index contributed by atoms with van der Waals surface area (Å²) in [5.74, 6) is -1.65. The Balaban J connectivity index is 1.64. The van der Waals surface area contributed by atoms with E-state index in [1.54, 1.807) is 47.9 Å². The second-order valence-electron chi connectivity index (χ2n) is 8.07. The zero-order valence-electron chi connectivity index (χ0n) is 19.2. The van der Waals surface area contributed by atoms with Crippen molar-refractivity contribution in [2.45, 2.75) is 25.8 Å². The summed E-state index contributed by atoms with van der Waals surface area (Å²) in [6, 6.07) is 13.8. The van der Waals surface area contributed by atoms with Gasteiger partial charge in [0.05, 0.1) is 29.4 Å². The SMILES string of the molecule is CCOC(=O)C(Cc1ccc(O)c(O)c1)NC(=O)Cc1c(-c2ccc(Cl)cc2)nc2ccc(Cl)cn12. The second-order valence-corrected chi connectivity index (χ2v) is 8.94. The number of phenols is 2. The average Bonchev–Trinajstić information content (AvgIpc) is 3.19. The van der Waals surface area contributed by atoms with Crippen molar-refractivity contribution >= 4 is 40.7 Å². The predicted molar refractivity (Wildman–Crippen MR) is 136 cm³/mol. The first-order valence-corrected chi connectivity index (χ1v) is 11.9. The number of pyridine rings is 1. The maximum absolute atomic E-state index is 13.2. The second kappa shape index (κ2) is 10.9. The lowest BCUT2D eigenvalue weighted by molar-refractivity contribution is -0.147. The number of amides is 1. The average molecular weight is 528 g/mol. The highest BCUT2D eigenvalue weighted by Crippen LogP contribution is 2.28. The van der Waals surface area contributed by atoms with Gasteiger partial charge in [-0.3, -0.25) is 4.79 Å². The summed E-state index contributed by atoms with van der Waals surface area (Å²) in [7, 11) is 0. The van der Waals surface area contributed by atoms with Gasteiger partial charge in [-0.2, -0.15) is 0 Å². The standard InChI is InChI=1S/C26H23Cl2N3O5/c1-2-36-26(35)19(11-15-3-9-21(32)22(33)12-15)29-24(34)13-20-25(16-4-6-17(27)7-5-16)30-23-10-8-18(28)14-31(20)23/h3-10,12,14,19,32-33H,2,11,13H2,1H3,(H,29,34). The first-order chi connectivity index (χ1) is 17.2. The molecule has 2 heterocycles. The largest absolute Gasteiger partial charge is 0.504 e. The van der Waals surface area contributed by atoms with E-state index in [1.807, 2.05) is 12.1 Å². The molecule has 0 aliphatic rings. The fourth-order valence-electron chi connectivity index (χ4n) is 3.84. The van der Waals surface area contributed by atoms with Crippen LogP contribution in [0.15, 0.2) is 60.8 Å². The third kappa shape index (κ3) is 5.72. The summed E-state index contributed by atoms with van der Waals surface area (Å²) in [5.41, 5.74) is 3.07. The Morgan fingerprint density at radius 3 is 2.44 bits per heavy atom. The predicted octanol–water partition coefficient (Wildman–Crippen LogP) is 4.55. The Morgan fingerprint density at radius 2 is 1.75 bits per heavy atom. The van der Waals surface area contributed by atoms with E-state index in [0.717, 1.165) is 5.56 Å². The molecule has 2 aromatic carbocycles. The van der Waals surface area contributed by atoms with E-state index in [2.05, 4.69) is 10.3 Å². The molecule has 0 fully saturated rings. The summed E-state index contributed by atoms with van der Waals surface area (Å²) in [4.78, 5) is 30.5. The van der Waals surface area contributed by atoms with Crippen molar-refractivity contribution in [1.82, 2.24) is 14.7 Å². The number of hydrogen-bond acceptors (Lipinski definition) is 6. The molecule has 0 aliphatic carbocycles. The van der Waals surface area contributed by atoms with E-state index in [4.69, 9.17) is 27.9 Å². The molecule has 0 saturated heterocycles. The van der Waals surface area contributed by atoms with Crippen molar-refractivity contribution < 1.29 is 24.5 Å². The first kappa shape index (κ1) is 25.3. The fourth-order valence-corrected chi connectivity index (χ4v) is 4.13.